The first kappa shape index (κ1) is 13.4. The smallest absolute Gasteiger partial charge is 0.243 e. The fraction of sp³-hybridized carbons (Fsp3) is 0.933. The second kappa shape index (κ2) is 5.41. The van der Waals surface area contributed by atoms with E-state index in [1.807, 2.05) is 0 Å². The average molecular weight is 266 g/mol. The zero-order valence-electron chi connectivity index (χ0n) is 12.0. The Morgan fingerprint density at radius 1 is 1.37 bits per heavy atom. The summed E-state index contributed by atoms with van der Waals surface area (Å²) in [4.78, 5) is 15.2. The lowest BCUT2D eigenvalue weighted by atomic mass is 9.86. The molecule has 3 unspecified atom stereocenters. The molecule has 3 aliphatic rings. The van der Waals surface area contributed by atoms with Crippen molar-refractivity contribution in [2.24, 2.45) is 0 Å². The number of carbonyl (C=O) groups excluding carboxylic acids is 1. The predicted octanol–water partition coefficient (Wildman–Crippen LogP) is 1.69. The molecule has 0 spiro atoms. The molecular formula is C15H26N2O2. The molecule has 3 rings (SSSR count). The number of hydrogen-bond donors (Lipinski definition) is 1. The van der Waals surface area contributed by atoms with Crippen LogP contribution in [0.15, 0.2) is 0 Å². The van der Waals surface area contributed by atoms with Gasteiger partial charge in [0.2, 0.25) is 5.91 Å². The van der Waals surface area contributed by atoms with Crippen molar-refractivity contribution in [1.29, 1.82) is 0 Å². The molecule has 108 valence electrons. The van der Waals surface area contributed by atoms with Gasteiger partial charge in [0, 0.05) is 6.54 Å². The first-order chi connectivity index (χ1) is 9.27. The normalized spacial score (nSPS) is 39.1. The van der Waals surface area contributed by atoms with Gasteiger partial charge >= 0.3 is 0 Å². The van der Waals surface area contributed by atoms with E-state index in [-0.39, 0.29) is 5.54 Å². The van der Waals surface area contributed by atoms with Crippen LogP contribution in [0.3, 0.4) is 0 Å². The van der Waals surface area contributed by atoms with Crippen molar-refractivity contribution < 1.29 is 9.53 Å². The van der Waals surface area contributed by atoms with Crippen LogP contribution >= 0.6 is 0 Å². The zero-order valence-corrected chi connectivity index (χ0v) is 12.0. The highest BCUT2D eigenvalue weighted by Crippen LogP contribution is 2.33. The van der Waals surface area contributed by atoms with E-state index in [0.29, 0.717) is 24.7 Å². The van der Waals surface area contributed by atoms with Crippen LogP contribution in [0.25, 0.3) is 0 Å². The van der Waals surface area contributed by atoms with Crippen LogP contribution in [0, 0.1) is 0 Å². The van der Waals surface area contributed by atoms with Gasteiger partial charge in [-0.1, -0.05) is 19.8 Å². The summed E-state index contributed by atoms with van der Waals surface area (Å²) in [5.74, 6) is 0.340. The Morgan fingerprint density at radius 3 is 2.95 bits per heavy atom. The molecular weight excluding hydrogens is 240 g/mol. The van der Waals surface area contributed by atoms with Crippen molar-refractivity contribution in [3.05, 3.63) is 0 Å². The fourth-order valence-electron chi connectivity index (χ4n) is 4.07. The molecule has 0 aromatic heterocycles. The van der Waals surface area contributed by atoms with Crippen molar-refractivity contribution in [3.63, 3.8) is 0 Å². The standard InChI is InChI=1S/C15H26N2O2/c1-2-15(8-5-9-16-15)14(18)17-10-11-19-13-7-4-3-6-12(13)17/h12-13,16H,2-11H2,1H3. The first-order valence-electron chi connectivity index (χ1n) is 7.94. The molecule has 4 heteroatoms. The summed E-state index contributed by atoms with van der Waals surface area (Å²) in [6.45, 7) is 4.61. The van der Waals surface area contributed by atoms with E-state index >= 15 is 0 Å². The van der Waals surface area contributed by atoms with E-state index in [0.717, 1.165) is 45.2 Å². The van der Waals surface area contributed by atoms with Gasteiger partial charge in [-0.15, -0.1) is 0 Å². The second-order valence-electron chi connectivity index (χ2n) is 6.23. The van der Waals surface area contributed by atoms with E-state index in [1.165, 1.54) is 12.8 Å². The molecule has 4 nitrogen and oxygen atoms in total. The SMILES string of the molecule is CCC1(C(=O)N2CCOC3CCCCC32)CCCN1. The molecule has 19 heavy (non-hydrogen) atoms. The van der Waals surface area contributed by atoms with Gasteiger partial charge in [-0.25, -0.2) is 0 Å². The van der Waals surface area contributed by atoms with E-state index < -0.39 is 0 Å². The Labute approximate surface area is 115 Å². The highest BCUT2D eigenvalue weighted by molar-refractivity contribution is 5.87. The van der Waals surface area contributed by atoms with E-state index in [4.69, 9.17) is 4.74 Å². The predicted molar refractivity (Wildman–Crippen MR) is 74.0 cm³/mol. The minimum absolute atomic E-state index is 0.278. The quantitative estimate of drug-likeness (QED) is 0.827. The molecule has 0 radical (unpaired) electrons. The maximum Gasteiger partial charge on any atom is 0.243 e. The number of rotatable bonds is 2. The molecule has 2 aliphatic heterocycles. The summed E-state index contributed by atoms with van der Waals surface area (Å²) in [7, 11) is 0. The van der Waals surface area contributed by atoms with Crippen LogP contribution in [0.5, 0.6) is 0 Å². The van der Waals surface area contributed by atoms with Crippen LogP contribution in [0.4, 0.5) is 0 Å². The van der Waals surface area contributed by atoms with Crippen LogP contribution in [0.1, 0.15) is 51.9 Å². The minimum atomic E-state index is -0.278. The number of morpholine rings is 1. The molecule has 2 heterocycles. The number of nitrogens with one attached hydrogen (secondary N) is 1. The molecule has 1 N–H and O–H groups in total. The Hall–Kier alpha value is -0.610. The van der Waals surface area contributed by atoms with Crippen molar-refractivity contribution in [2.45, 2.75) is 69.6 Å². The molecule has 1 saturated carbocycles. The van der Waals surface area contributed by atoms with E-state index in [2.05, 4.69) is 17.1 Å². The van der Waals surface area contributed by atoms with Gasteiger partial charge < -0.3 is 15.0 Å². The van der Waals surface area contributed by atoms with Gasteiger partial charge in [-0.05, 0) is 38.6 Å². The second-order valence-corrected chi connectivity index (χ2v) is 6.23. The largest absolute Gasteiger partial charge is 0.374 e. The third-order valence-electron chi connectivity index (χ3n) is 5.25. The van der Waals surface area contributed by atoms with Gasteiger partial charge in [-0.2, -0.15) is 0 Å². The Morgan fingerprint density at radius 2 is 2.21 bits per heavy atom. The van der Waals surface area contributed by atoms with Crippen LogP contribution < -0.4 is 5.32 Å². The van der Waals surface area contributed by atoms with Crippen molar-refractivity contribution in [1.82, 2.24) is 10.2 Å². The molecule has 3 fully saturated rings. The topological polar surface area (TPSA) is 41.6 Å². The number of nitrogens with zero attached hydrogens (tertiary/aromatic N) is 1. The number of carbonyl (C=O) groups is 1. The molecule has 3 atom stereocenters. The van der Waals surface area contributed by atoms with Gasteiger partial charge in [0.15, 0.2) is 0 Å². The van der Waals surface area contributed by atoms with Gasteiger partial charge in [0.1, 0.15) is 0 Å². The monoisotopic (exact) mass is 266 g/mol. The van der Waals surface area contributed by atoms with E-state index in [9.17, 15) is 4.79 Å². The molecule has 2 saturated heterocycles. The highest BCUT2D eigenvalue weighted by Gasteiger charge is 2.46. The zero-order chi connectivity index (χ0) is 13.3. The van der Waals surface area contributed by atoms with Crippen molar-refractivity contribution >= 4 is 5.91 Å². The van der Waals surface area contributed by atoms with Crippen LogP contribution in [0.2, 0.25) is 0 Å². The maximum absolute atomic E-state index is 13.0. The van der Waals surface area contributed by atoms with Crippen LogP contribution in [-0.4, -0.2) is 48.2 Å². The summed E-state index contributed by atoms with van der Waals surface area (Å²) >= 11 is 0. The van der Waals surface area contributed by atoms with Gasteiger partial charge in [0.05, 0.1) is 24.3 Å². The number of hydrogen-bond acceptors (Lipinski definition) is 3. The molecule has 1 aliphatic carbocycles. The Bertz CT molecular complexity index is 337. The summed E-state index contributed by atoms with van der Waals surface area (Å²) in [6, 6.07) is 0.334. The molecule has 0 aromatic carbocycles. The fourth-order valence-corrected chi connectivity index (χ4v) is 4.07. The average Bonchev–Trinajstić information content (AvgIpc) is 2.96. The minimum Gasteiger partial charge on any atom is -0.374 e. The van der Waals surface area contributed by atoms with E-state index in [1.54, 1.807) is 0 Å². The Balaban J connectivity index is 1.77. The first-order valence-corrected chi connectivity index (χ1v) is 7.94. The molecule has 0 aromatic rings. The highest BCUT2D eigenvalue weighted by atomic mass is 16.5. The van der Waals surface area contributed by atoms with Crippen molar-refractivity contribution in [2.75, 3.05) is 19.7 Å². The maximum atomic E-state index is 13.0. The summed E-state index contributed by atoms with van der Waals surface area (Å²) in [5.41, 5.74) is -0.278. The number of fused-ring (bicyclic) bond motifs is 1. The lowest BCUT2D eigenvalue weighted by Crippen LogP contribution is -2.62. The number of ether oxygens (including phenoxy) is 1. The summed E-state index contributed by atoms with van der Waals surface area (Å²) in [5, 5.41) is 3.48. The Kier molecular flexibility index (Phi) is 3.81. The lowest BCUT2D eigenvalue weighted by Gasteiger charge is -2.46. The van der Waals surface area contributed by atoms with Gasteiger partial charge in [-0.3, -0.25) is 4.79 Å². The lowest BCUT2D eigenvalue weighted by molar-refractivity contribution is -0.156. The summed E-state index contributed by atoms with van der Waals surface area (Å²) in [6.07, 6.45) is 8.05. The number of amides is 1. The third kappa shape index (κ3) is 2.29. The molecule has 0 bridgehead atoms. The van der Waals surface area contributed by atoms with Crippen molar-refractivity contribution in [3.8, 4) is 0 Å². The van der Waals surface area contributed by atoms with Crippen LogP contribution in [-0.2, 0) is 9.53 Å². The van der Waals surface area contributed by atoms with Gasteiger partial charge in [0.25, 0.3) is 0 Å². The summed E-state index contributed by atoms with van der Waals surface area (Å²) < 4.78 is 5.88. The third-order valence-corrected chi connectivity index (χ3v) is 5.25. The molecule has 1 amide bonds.